The van der Waals surface area contributed by atoms with Gasteiger partial charge in [-0.05, 0) is 31.1 Å². The molecule has 0 aromatic carbocycles. The van der Waals surface area contributed by atoms with Crippen LogP contribution in [0.25, 0.3) is 0 Å². The van der Waals surface area contributed by atoms with Crippen LogP contribution < -0.4 is 5.73 Å². The minimum atomic E-state index is -2.59. The molecule has 2 N–H and O–H groups in total. The van der Waals surface area contributed by atoms with Crippen LogP contribution in [0, 0.1) is 17.8 Å². The van der Waals surface area contributed by atoms with Crippen molar-refractivity contribution >= 4 is 5.91 Å². The monoisotopic (exact) mass is 258 g/mol. The van der Waals surface area contributed by atoms with Gasteiger partial charge in [-0.3, -0.25) is 4.79 Å². The average molecular weight is 258 g/mol. The molecule has 4 atom stereocenters. The Hall–Kier alpha value is -0.710. The fourth-order valence-corrected chi connectivity index (χ4v) is 3.64. The van der Waals surface area contributed by atoms with Crippen molar-refractivity contribution in [2.24, 2.45) is 23.5 Å². The SMILES string of the molecule is N[C@@H]1C[C@H](C(=O)N2CCCC(F)(F)CC2)[C@H]2C[C@H]21. The molecule has 1 saturated heterocycles. The first-order valence-electron chi connectivity index (χ1n) is 6.90. The molecule has 0 spiro atoms. The highest BCUT2D eigenvalue weighted by molar-refractivity contribution is 5.80. The summed E-state index contributed by atoms with van der Waals surface area (Å²) in [6.07, 6.45) is 1.94. The Kier molecular flexibility index (Phi) is 2.84. The van der Waals surface area contributed by atoms with Gasteiger partial charge in [0.15, 0.2) is 0 Å². The number of nitrogens with zero attached hydrogens (tertiary/aromatic N) is 1. The molecule has 18 heavy (non-hydrogen) atoms. The lowest BCUT2D eigenvalue weighted by Gasteiger charge is -2.25. The number of hydrogen-bond donors (Lipinski definition) is 1. The minimum Gasteiger partial charge on any atom is -0.342 e. The summed E-state index contributed by atoms with van der Waals surface area (Å²) in [7, 11) is 0. The van der Waals surface area contributed by atoms with Crippen LogP contribution >= 0.6 is 0 Å². The van der Waals surface area contributed by atoms with Crippen molar-refractivity contribution in [2.75, 3.05) is 13.1 Å². The third-order valence-electron chi connectivity index (χ3n) is 4.83. The van der Waals surface area contributed by atoms with Crippen LogP contribution in [0.4, 0.5) is 8.78 Å². The summed E-state index contributed by atoms with van der Waals surface area (Å²) in [5.41, 5.74) is 5.96. The van der Waals surface area contributed by atoms with Gasteiger partial charge in [0.1, 0.15) is 0 Å². The highest BCUT2D eigenvalue weighted by atomic mass is 19.3. The predicted molar refractivity (Wildman–Crippen MR) is 63.1 cm³/mol. The summed E-state index contributed by atoms with van der Waals surface area (Å²) in [5, 5.41) is 0. The molecule has 3 nitrogen and oxygen atoms in total. The third-order valence-corrected chi connectivity index (χ3v) is 4.83. The molecule has 0 unspecified atom stereocenters. The highest BCUT2D eigenvalue weighted by Crippen LogP contribution is 2.55. The highest BCUT2D eigenvalue weighted by Gasteiger charge is 2.56. The predicted octanol–water partition coefficient (Wildman–Crippen LogP) is 1.62. The molecule has 3 fully saturated rings. The number of hydrogen-bond acceptors (Lipinski definition) is 2. The van der Waals surface area contributed by atoms with E-state index in [4.69, 9.17) is 5.73 Å². The van der Waals surface area contributed by atoms with Gasteiger partial charge in [0.05, 0.1) is 0 Å². The Labute approximate surface area is 106 Å². The van der Waals surface area contributed by atoms with Gasteiger partial charge in [0.2, 0.25) is 11.8 Å². The third kappa shape index (κ3) is 2.13. The van der Waals surface area contributed by atoms with E-state index in [-0.39, 0.29) is 37.3 Å². The van der Waals surface area contributed by atoms with Crippen LogP contribution in [0.5, 0.6) is 0 Å². The lowest BCUT2D eigenvalue weighted by molar-refractivity contribution is -0.136. The zero-order valence-electron chi connectivity index (χ0n) is 10.4. The summed E-state index contributed by atoms with van der Waals surface area (Å²) >= 11 is 0. The van der Waals surface area contributed by atoms with Gasteiger partial charge >= 0.3 is 0 Å². The summed E-state index contributed by atoms with van der Waals surface area (Å²) in [6.45, 7) is 0.687. The van der Waals surface area contributed by atoms with Crippen molar-refractivity contribution in [3.8, 4) is 0 Å². The van der Waals surface area contributed by atoms with E-state index in [0.29, 0.717) is 24.8 Å². The molecule has 0 bridgehead atoms. The quantitative estimate of drug-likeness (QED) is 0.777. The molecule has 1 amide bonds. The number of nitrogens with two attached hydrogens (primary N) is 1. The smallest absolute Gasteiger partial charge is 0.249 e. The largest absolute Gasteiger partial charge is 0.342 e. The van der Waals surface area contributed by atoms with Crippen LogP contribution in [0.15, 0.2) is 0 Å². The molecule has 2 aliphatic carbocycles. The Bertz CT molecular complexity index is 361. The second kappa shape index (κ2) is 4.15. The van der Waals surface area contributed by atoms with E-state index in [0.717, 1.165) is 12.8 Å². The molecule has 102 valence electrons. The number of likely N-dealkylation sites (tertiary alicyclic amines) is 1. The van der Waals surface area contributed by atoms with Crippen molar-refractivity contribution < 1.29 is 13.6 Å². The summed E-state index contributed by atoms with van der Waals surface area (Å²) in [5.74, 6) is -1.54. The van der Waals surface area contributed by atoms with E-state index in [9.17, 15) is 13.6 Å². The van der Waals surface area contributed by atoms with Crippen molar-refractivity contribution in [1.82, 2.24) is 4.90 Å². The first-order valence-corrected chi connectivity index (χ1v) is 6.90. The second-order valence-corrected chi connectivity index (χ2v) is 6.10. The summed E-state index contributed by atoms with van der Waals surface area (Å²) in [6, 6.07) is 0.150. The molecule has 1 aliphatic heterocycles. The zero-order chi connectivity index (χ0) is 12.9. The molecule has 3 aliphatic rings. The number of fused-ring (bicyclic) bond motifs is 1. The number of carbonyl (C=O) groups excluding carboxylic acids is 1. The number of carbonyl (C=O) groups is 1. The molecule has 3 rings (SSSR count). The standard InChI is InChI=1S/C13H20F2N2O/c14-13(15)2-1-4-17(5-3-13)12(18)10-7-11(16)9-6-8(9)10/h8-11H,1-7,16H2/t8-,9+,10-,11+/m0/s1. The van der Waals surface area contributed by atoms with E-state index >= 15 is 0 Å². The zero-order valence-corrected chi connectivity index (χ0v) is 10.4. The van der Waals surface area contributed by atoms with E-state index in [1.807, 2.05) is 0 Å². The normalized spacial score (nSPS) is 42.3. The topological polar surface area (TPSA) is 46.3 Å². The molecule has 1 heterocycles. The maximum Gasteiger partial charge on any atom is 0.249 e. The van der Waals surface area contributed by atoms with Crippen molar-refractivity contribution in [3.05, 3.63) is 0 Å². The van der Waals surface area contributed by atoms with E-state index in [1.54, 1.807) is 4.90 Å². The second-order valence-electron chi connectivity index (χ2n) is 6.10. The van der Waals surface area contributed by atoms with E-state index in [2.05, 4.69) is 0 Å². The van der Waals surface area contributed by atoms with Crippen LogP contribution in [0.2, 0.25) is 0 Å². The molecule has 0 aromatic heterocycles. The van der Waals surface area contributed by atoms with Crippen molar-refractivity contribution in [1.29, 1.82) is 0 Å². The Morgan fingerprint density at radius 3 is 2.56 bits per heavy atom. The van der Waals surface area contributed by atoms with Crippen LogP contribution in [-0.4, -0.2) is 35.9 Å². The van der Waals surface area contributed by atoms with Crippen molar-refractivity contribution in [2.45, 2.75) is 44.1 Å². The van der Waals surface area contributed by atoms with Crippen molar-refractivity contribution in [3.63, 3.8) is 0 Å². The fraction of sp³-hybridized carbons (Fsp3) is 0.923. The average Bonchev–Trinajstić information content (AvgIpc) is 3.05. The molecule has 2 saturated carbocycles. The molecule has 5 heteroatoms. The minimum absolute atomic E-state index is 0.0109. The number of halogens is 2. The van der Waals surface area contributed by atoms with E-state index in [1.165, 1.54) is 0 Å². The maximum atomic E-state index is 13.3. The van der Waals surface area contributed by atoms with Gasteiger partial charge in [-0.15, -0.1) is 0 Å². The van der Waals surface area contributed by atoms with Crippen LogP contribution in [-0.2, 0) is 4.79 Å². The maximum absolute atomic E-state index is 13.3. The fourth-order valence-electron chi connectivity index (χ4n) is 3.64. The lowest BCUT2D eigenvalue weighted by Crippen LogP contribution is -2.38. The summed E-state index contributed by atoms with van der Waals surface area (Å²) in [4.78, 5) is 14.0. The van der Waals surface area contributed by atoms with Gasteiger partial charge in [-0.1, -0.05) is 0 Å². The molecule has 0 radical (unpaired) electrons. The molecular weight excluding hydrogens is 238 g/mol. The van der Waals surface area contributed by atoms with Crippen LogP contribution in [0.3, 0.4) is 0 Å². The Balaban J connectivity index is 1.63. The van der Waals surface area contributed by atoms with Gasteiger partial charge in [-0.2, -0.15) is 0 Å². The van der Waals surface area contributed by atoms with Gasteiger partial charge in [0.25, 0.3) is 0 Å². The summed E-state index contributed by atoms with van der Waals surface area (Å²) < 4.78 is 26.5. The number of alkyl halides is 2. The number of amides is 1. The number of rotatable bonds is 1. The first-order chi connectivity index (χ1) is 8.48. The molecular formula is C13H20F2N2O. The first kappa shape index (κ1) is 12.3. The van der Waals surface area contributed by atoms with Gasteiger partial charge < -0.3 is 10.6 Å². The van der Waals surface area contributed by atoms with Gasteiger partial charge in [-0.25, -0.2) is 8.78 Å². The van der Waals surface area contributed by atoms with E-state index < -0.39 is 5.92 Å². The lowest BCUT2D eigenvalue weighted by atomic mass is 10.0. The van der Waals surface area contributed by atoms with Gasteiger partial charge in [0, 0.05) is 37.9 Å². The Morgan fingerprint density at radius 1 is 1.17 bits per heavy atom. The van der Waals surface area contributed by atoms with Crippen LogP contribution in [0.1, 0.15) is 32.1 Å². The Morgan fingerprint density at radius 2 is 1.94 bits per heavy atom. The molecule has 0 aromatic rings.